The Morgan fingerprint density at radius 2 is 1.93 bits per heavy atom. The molecule has 1 fully saturated rings. The van der Waals surface area contributed by atoms with Gasteiger partial charge in [0.2, 0.25) is 0 Å². The average molecular weight is 195 g/mol. The summed E-state index contributed by atoms with van der Waals surface area (Å²) in [6.07, 6.45) is 12.8. The third kappa shape index (κ3) is 2.58. The first-order valence-corrected chi connectivity index (χ1v) is 5.97. The zero-order chi connectivity index (χ0) is 9.80. The van der Waals surface area contributed by atoms with Crippen molar-refractivity contribution in [3.63, 3.8) is 0 Å². The molecule has 0 aromatic rings. The van der Waals surface area contributed by atoms with Gasteiger partial charge in [0.15, 0.2) is 0 Å². The molecule has 2 rings (SSSR count). The van der Waals surface area contributed by atoms with Gasteiger partial charge in [-0.15, -0.1) is 0 Å². The first-order chi connectivity index (χ1) is 6.86. The van der Waals surface area contributed by atoms with E-state index in [0.29, 0.717) is 12.1 Å². The van der Waals surface area contributed by atoms with E-state index in [4.69, 9.17) is 0 Å². The van der Waals surface area contributed by atoms with Crippen LogP contribution < -0.4 is 5.32 Å². The summed E-state index contributed by atoms with van der Waals surface area (Å²) in [6, 6.07) is 0.859. The van der Waals surface area contributed by atoms with Gasteiger partial charge in [-0.2, -0.15) is 0 Å². The summed E-state index contributed by atoms with van der Waals surface area (Å²) < 4.78 is 0. The molecule has 0 spiro atoms. The van der Waals surface area contributed by atoms with Crippen molar-refractivity contribution in [2.75, 3.05) is 0 Å². The maximum absolute atomic E-state index is 9.81. The van der Waals surface area contributed by atoms with Crippen molar-refractivity contribution in [2.45, 2.75) is 63.1 Å². The van der Waals surface area contributed by atoms with Crippen LogP contribution in [0.15, 0.2) is 12.2 Å². The fourth-order valence-electron chi connectivity index (χ4n) is 2.53. The van der Waals surface area contributed by atoms with Crippen molar-refractivity contribution in [3.8, 4) is 0 Å². The van der Waals surface area contributed by atoms with E-state index < -0.39 is 0 Å². The zero-order valence-electron chi connectivity index (χ0n) is 8.78. The quantitative estimate of drug-likeness (QED) is 0.660. The molecule has 0 heterocycles. The summed E-state index contributed by atoms with van der Waals surface area (Å²) in [5, 5.41) is 13.4. The van der Waals surface area contributed by atoms with Crippen LogP contribution in [0.1, 0.15) is 44.9 Å². The standard InChI is InChI=1S/C12H21NO/c14-12-9-5-4-8-11(12)13-10-6-2-1-3-7-10/h2,6,10-14H,1,3-5,7-9H2. The molecule has 3 unspecified atom stereocenters. The predicted molar refractivity (Wildman–Crippen MR) is 58.2 cm³/mol. The van der Waals surface area contributed by atoms with E-state index in [-0.39, 0.29) is 6.10 Å². The van der Waals surface area contributed by atoms with Crippen LogP contribution in [0.3, 0.4) is 0 Å². The predicted octanol–water partition coefficient (Wildman–Crippen LogP) is 1.99. The molecular weight excluding hydrogens is 174 g/mol. The lowest BCUT2D eigenvalue weighted by Crippen LogP contribution is -2.46. The number of aliphatic hydroxyl groups is 1. The lowest BCUT2D eigenvalue weighted by atomic mass is 9.91. The molecule has 0 saturated heterocycles. The van der Waals surface area contributed by atoms with Crippen molar-refractivity contribution in [1.82, 2.24) is 5.32 Å². The molecule has 14 heavy (non-hydrogen) atoms. The van der Waals surface area contributed by atoms with E-state index in [2.05, 4.69) is 17.5 Å². The molecule has 2 aliphatic carbocycles. The molecule has 2 heteroatoms. The van der Waals surface area contributed by atoms with Gasteiger partial charge in [0.05, 0.1) is 6.10 Å². The fourth-order valence-corrected chi connectivity index (χ4v) is 2.53. The van der Waals surface area contributed by atoms with E-state index in [1.165, 1.54) is 32.1 Å². The minimum absolute atomic E-state index is 0.112. The second-order valence-electron chi connectivity index (χ2n) is 4.59. The molecule has 0 aromatic heterocycles. The van der Waals surface area contributed by atoms with Gasteiger partial charge >= 0.3 is 0 Å². The van der Waals surface area contributed by atoms with Crippen LogP contribution >= 0.6 is 0 Å². The van der Waals surface area contributed by atoms with Gasteiger partial charge < -0.3 is 10.4 Å². The van der Waals surface area contributed by atoms with Crippen molar-refractivity contribution in [1.29, 1.82) is 0 Å². The highest BCUT2D eigenvalue weighted by atomic mass is 16.3. The first-order valence-electron chi connectivity index (χ1n) is 5.97. The summed E-state index contributed by atoms with van der Waals surface area (Å²) in [5.74, 6) is 0. The van der Waals surface area contributed by atoms with Crippen molar-refractivity contribution >= 4 is 0 Å². The maximum Gasteiger partial charge on any atom is 0.0693 e. The maximum atomic E-state index is 9.81. The molecule has 0 aromatic carbocycles. The molecule has 1 saturated carbocycles. The summed E-state index contributed by atoms with van der Waals surface area (Å²) in [7, 11) is 0. The van der Waals surface area contributed by atoms with Crippen molar-refractivity contribution in [3.05, 3.63) is 12.2 Å². The van der Waals surface area contributed by atoms with Crippen LogP contribution in [0.25, 0.3) is 0 Å². The Balaban J connectivity index is 1.82. The molecule has 0 aliphatic heterocycles. The third-order valence-corrected chi connectivity index (χ3v) is 3.41. The van der Waals surface area contributed by atoms with E-state index in [9.17, 15) is 5.11 Å². The van der Waals surface area contributed by atoms with Gasteiger partial charge in [0.1, 0.15) is 0 Å². The van der Waals surface area contributed by atoms with Gasteiger partial charge in [-0.3, -0.25) is 0 Å². The second kappa shape index (κ2) is 4.94. The molecule has 2 nitrogen and oxygen atoms in total. The Hall–Kier alpha value is -0.340. The zero-order valence-corrected chi connectivity index (χ0v) is 8.78. The molecule has 3 atom stereocenters. The Kier molecular flexibility index (Phi) is 3.60. The highest BCUT2D eigenvalue weighted by Gasteiger charge is 2.24. The molecule has 0 radical (unpaired) electrons. The van der Waals surface area contributed by atoms with Crippen LogP contribution in [0.5, 0.6) is 0 Å². The number of nitrogens with one attached hydrogen (secondary N) is 1. The van der Waals surface area contributed by atoms with E-state index in [0.717, 1.165) is 12.8 Å². The summed E-state index contributed by atoms with van der Waals surface area (Å²) in [6.45, 7) is 0. The monoisotopic (exact) mass is 195 g/mol. The second-order valence-corrected chi connectivity index (χ2v) is 4.59. The number of hydrogen-bond donors (Lipinski definition) is 2. The Morgan fingerprint density at radius 3 is 2.64 bits per heavy atom. The highest BCUT2D eigenvalue weighted by molar-refractivity contribution is 4.99. The SMILES string of the molecule is OC1CCCCC1NC1C=CCCC1. The molecular formula is C12H21NO. The topological polar surface area (TPSA) is 32.3 Å². The minimum Gasteiger partial charge on any atom is -0.392 e. The molecule has 80 valence electrons. The number of aliphatic hydroxyl groups excluding tert-OH is 1. The first kappa shape index (κ1) is 10.2. The normalized spacial score (nSPS) is 38.5. The minimum atomic E-state index is -0.112. The molecule has 2 N–H and O–H groups in total. The van der Waals surface area contributed by atoms with Gasteiger partial charge in [-0.1, -0.05) is 25.0 Å². The third-order valence-electron chi connectivity index (χ3n) is 3.41. The number of allylic oxidation sites excluding steroid dienone is 1. The van der Waals surface area contributed by atoms with Crippen molar-refractivity contribution < 1.29 is 5.11 Å². The van der Waals surface area contributed by atoms with E-state index in [1.54, 1.807) is 0 Å². The van der Waals surface area contributed by atoms with Crippen LogP contribution in [0, 0.1) is 0 Å². The van der Waals surface area contributed by atoms with Crippen LogP contribution in [0.4, 0.5) is 0 Å². The van der Waals surface area contributed by atoms with E-state index >= 15 is 0 Å². The van der Waals surface area contributed by atoms with Crippen LogP contribution in [-0.4, -0.2) is 23.3 Å². The van der Waals surface area contributed by atoms with Gasteiger partial charge in [-0.05, 0) is 32.1 Å². The summed E-state index contributed by atoms with van der Waals surface area (Å²) in [4.78, 5) is 0. The van der Waals surface area contributed by atoms with Gasteiger partial charge in [0, 0.05) is 12.1 Å². The van der Waals surface area contributed by atoms with Crippen molar-refractivity contribution in [2.24, 2.45) is 0 Å². The Bertz CT molecular complexity index is 202. The average Bonchev–Trinajstić information content (AvgIpc) is 2.23. The molecule has 0 amide bonds. The van der Waals surface area contributed by atoms with Crippen LogP contribution in [0.2, 0.25) is 0 Å². The molecule has 2 aliphatic rings. The number of hydrogen-bond acceptors (Lipinski definition) is 2. The summed E-state index contributed by atoms with van der Waals surface area (Å²) >= 11 is 0. The van der Waals surface area contributed by atoms with Gasteiger partial charge in [-0.25, -0.2) is 0 Å². The fraction of sp³-hybridized carbons (Fsp3) is 0.833. The number of rotatable bonds is 2. The smallest absolute Gasteiger partial charge is 0.0693 e. The molecule has 0 bridgehead atoms. The lowest BCUT2D eigenvalue weighted by Gasteiger charge is -2.32. The van der Waals surface area contributed by atoms with E-state index in [1.807, 2.05) is 0 Å². The largest absolute Gasteiger partial charge is 0.392 e. The van der Waals surface area contributed by atoms with Crippen LogP contribution in [-0.2, 0) is 0 Å². The Morgan fingerprint density at radius 1 is 1.07 bits per heavy atom. The van der Waals surface area contributed by atoms with Gasteiger partial charge in [0.25, 0.3) is 0 Å². The summed E-state index contributed by atoms with van der Waals surface area (Å²) in [5.41, 5.74) is 0. The Labute approximate surface area is 86.4 Å². The lowest BCUT2D eigenvalue weighted by molar-refractivity contribution is 0.0867. The highest BCUT2D eigenvalue weighted by Crippen LogP contribution is 2.20.